The van der Waals surface area contributed by atoms with Crippen molar-refractivity contribution in [2.45, 2.75) is 38.5 Å². The molecule has 1 aliphatic heterocycles. The molecule has 1 N–H and O–H groups in total. The SMILES string of the molecule is Cc1ccc([C@H](C(=O)NC[C@H]2CCCO2)N(C(=O)Cn2nnc3ccccc32)c2ccc(F)cc2)o1. The molecule has 2 aromatic carbocycles. The molecular weight excluding hydrogens is 465 g/mol. The fraction of sp³-hybridized carbons (Fsp3) is 0.308. The lowest BCUT2D eigenvalue weighted by molar-refractivity contribution is -0.127. The van der Waals surface area contributed by atoms with E-state index in [0.29, 0.717) is 41.4 Å². The maximum absolute atomic E-state index is 13.8. The number of halogens is 1. The summed E-state index contributed by atoms with van der Waals surface area (Å²) in [4.78, 5) is 28.7. The maximum atomic E-state index is 13.8. The second kappa shape index (κ2) is 10.3. The van der Waals surface area contributed by atoms with Crippen LogP contribution in [0.2, 0.25) is 0 Å². The van der Waals surface area contributed by atoms with E-state index >= 15 is 0 Å². The van der Waals surface area contributed by atoms with Gasteiger partial charge < -0.3 is 14.5 Å². The molecule has 1 fully saturated rings. The Morgan fingerprint density at radius 3 is 2.69 bits per heavy atom. The molecule has 3 heterocycles. The van der Waals surface area contributed by atoms with Crippen molar-refractivity contribution in [3.8, 4) is 0 Å². The van der Waals surface area contributed by atoms with E-state index < -0.39 is 23.7 Å². The highest BCUT2D eigenvalue weighted by Crippen LogP contribution is 2.30. The summed E-state index contributed by atoms with van der Waals surface area (Å²) in [6.45, 7) is 2.55. The standard InChI is InChI=1S/C26H26FN5O4/c1-17-8-13-23(36-17)25(26(34)28-15-20-5-4-14-35-20)32(19-11-9-18(27)10-12-19)24(33)16-31-22-7-3-2-6-21(22)29-30-31/h2-3,6-13,20,25H,4-5,14-16H2,1H3,(H,28,34)/t20-,25-/m1/s1. The molecular formula is C26H26FN5O4. The summed E-state index contributed by atoms with van der Waals surface area (Å²) < 4.78 is 26.7. The third kappa shape index (κ3) is 4.99. The summed E-state index contributed by atoms with van der Waals surface area (Å²) in [7, 11) is 0. The van der Waals surface area contributed by atoms with Crippen LogP contribution in [0.1, 0.15) is 30.4 Å². The van der Waals surface area contributed by atoms with E-state index in [1.54, 1.807) is 25.1 Å². The minimum Gasteiger partial charge on any atom is -0.464 e. The van der Waals surface area contributed by atoms with E-state index in [1.807, 2.05) is 18.2 Å². The molecule has 5 rings (SSSR count). The number of hydrogen-bond acceptors (Lipinski definition) is 6. The number of aromatic nitrogens is 3. The van der Waals surface area contributed by atoms with E-state index in [1.165, 1.54) is 33.8 Å². The molecule has 0 spiro atoms. The molecule has 2 amide bonds. The van der Waals surface area contributed by atoms with E-state index in [4.69, 9.17) is 9.15 Å². The predicted molar refractivity (Wildman–Crippen MR) is 130 cm³/mol. The zero-order valence-corrected chi connectivity index (χ0v) is 19.8. The molecule has 2 atom stereocenters. The van der Waals surface area contributed by atoms with Crippen molar-refractivity contribution < 1.29 is 23.1 Å². The molecule has 0 aliphatic carbocycles. The number of nitrogens with one attached hydrogen (secondary N) is 1. The minimum atomic E-state index is -1.13. The highest BCUT2D eigenvalue weighted by Gasteiger charge is 2.36. The third-order valence-electron chi connectivity index (χ3n) is 6.14. The average molecular weight is 492 g/mol. The molecule has 4 aromatic rings. The lowest BCUT2D eigenvalue weighted by Crippen LogP contribution is -2.46. The van der Waals surface area contributed by atoms with Gasteiger partial charge in [-0.25, -0.2) is 9.07 Å². The molecule has 1 aliphatic rings. The van der Waals surface area contributed by atoms with Crippen LogP contribution in [0.15, 0.2) is 65.1 Å². The number of fused-ring (bicyclic) bond motifs is 1. The van der Waals surface area contributed by atoms with Crippen LogP contribution in [0.3, 0.4) is 0 Å². The molecule has 36 heavy (non-hydrogen) atoms. The Kier molecular flexibility index (Phi) is 6.77. The van der Waals surface area contributed by atoms with Gasteiger partial charge in [0.25, 0.3) is 5.91 Å². The number of hydrogen-bond donors (Lipinski definition) is 1. The van der Waals surface area contributed by atoms with Crippen molar-refractivity contribution in [1.29, 1.82) is 0 Å². The van der Waals surface area contributed by atoms with Crippen molar-refractivity contribution >= 4 is 28.5 Å². The number of para-hydroxylation sites is 1. The molecule has 0 bridgehead atoms. The molecule has 0 saturated carbocycles. The Morgan fingerprint density at radius 1 is 1.17 bits per heavy atom. The van der Waals surface area contributed by atoms with Crippen LogP contribution < -0.4 is 10.2 Å². The van der Waals surface area contributed by atoms with E-state index in [0.717, 1.165) is 12.8 Å². The highest BCUT2D eigenvalue weighted by molar-refractivity contribution is 6.01. The fourth-order valence-electron chi connectivity index (χ4n) is 4.37. The second-order valence-electron chi connectivity index (χ2n) is 8.71. The van der Waals surface area contributed by atoms with Gasteiger partial charge in [0, 0.05) is 18.8 Å². The smallest absolute Gasteiger partial charge is 0.251 e. The average Bonchev–Trinajstić information content (AvgIpc) is 3.64. The summed E-state index contributed by atoms with van der Waals surface area (Å²) in [5.41, 5.74) is 1.67. The molecule has 186 valence electrons. The predicted octanol–water partition coefficient (Wildman–Crippen LogP) is 3.54. The Balaban J connectivity index is 1.51. The van der Waals surface area contributed by atoms with Gasteiger partial charge >= 0.3 is 0 Å². The Labute approximate surface area is 206 Å². The van der Waals surface area contributed by atoms with Gasteiger partial charge in [-0.15, -0.1) is 5.10 Å². The minimum absolute atomic E-state index is 0.0792. The number of rotatable bonds is 8. The summed E-state index contributed by atoms with van der Waals surface area (Å²) >= 11 is 0. The first-order valence-corrected chi connectivity index (χ1v) is 11.8. The maximum Gasteiger partial charge on any atom is 0.251 e. The van der Waals surface area contributed by atoms with Crippen LogP contribution in [0, 0.1) is 12.7 Å². The van der Waals surface area contributed by atoms with Gasteiger partial charge in [-0.05, 0) is 68.3 Å². The van der Waals surface area contributed by atoms with Gasteiger partial charge in [0.15, 0.2) is 6.04 Å². The lowest BCUT2D eigenvalue weighted by atomic mass is 10.1. The Hall–Kier alpha value is -4.05. The molecule has 0 unspecified atom stereocenters. The first-order valence-electron chi connectivity index (χ1n) is 11.8. The van der Waals surface area contributed by atoms with Gasteiger partial charge in [-0.2, -0.15) is 0 Å². The van der Waals surface area contributed by atoms with Crippen molar-refractivity contribution in [2.24, 2.45) is 0 Å². The van der Waals surface area contributed by atoms with Crippen LogP contribution in [0.4, 0.5) is 10.1 Å². The Bertz CT molecular complexity index is 1360. The van der Waals surface area contributed by atoms with Gasteiger partial charge in [0.2, 0.25) is 5.91 Å². The number of amides is 2. The van der Waals surface area contributed by atoms with Crippen LogP contribution in [-0.2, 0) is 20.9 Å². The monoisotopic (exact) mass is 491 g/mol. The van der Waals surface area contributed by atoms with E-state index in [-0.39, 0.29) is 12.6 Å². The van der Waals surface area contributed by atoms with Crippen molar-refractivity contribution in [1.82, 2.24) is 20.3 Å². The number of ether oxygens (including phenoxy) is 1. The number of carbonyl (C=O) groups excluding carboxylic acids is 2. The van der Waals surface area contributed by atoms with E-state index in [9.17, 15) is 14.0 Å². The zero-order chi connectivity index (χ0) is 25.1. The fourth-order valence-corrected chi connectivity index (χ4v) is 4.37. The van der Waals surface area contributed by atoms with Crippen molar-refractivity contribution in [3.05, 3.63) is 78.0 Å². The highest BCUT2D eigenvalue weighted by atomic mass is 19.1. The number of carbonyl (C=O) groups is 2. The van der Waals surface area contributed by atoms with Gasteiger partial charge in [0.05, 0.1) is 11.6 Å². The second-order valence-corrected chi connectivity index (χ2v) is 8.71. The van der Waals surface area contributed by atoms with Crippen molar-refractivity contribution in [2.75, 3.05) is 18.1 Å². The number of benzene rings is 2. The largest absolute Gasteiger partial charge is 0.464 e. The summed E-state index contributed by atoms with van der Waals surface area (Å²) in [5, 5.41) is 11.1. The molecule has 10 heteroatoms. The first-order chi connectivity index (χ1) is 17.5. The number of furan rings is 1. The van der Waals surface area contributed by atoms with Gasteiger partial charge in [-0.3, -0.25) is 14.5 Å². The third-order valence-corrected chi connectivity index (χ3v) is 6.14. The van der Waals surface area contributed by atoms with Crippen LogP contribution in [-0.4, -0.2) is 46.1 Å². The van der Waals surface area contributed by atoms with Crippen LogP contribution in [0.5, 0.6) is 0 Å². The summed E-state index contributed by atoms with van der Waals surface area (Å²) in [5.74, 6) is -0.444. The number of anilines is 1. The number of nitrogens with zero attached hydrogens (tertiary/aromatic N) is 4. The quantitative estimate of drug-likeness (QED) is 0.405. The normalized spacial score (nSPS) is 16.2. The lowest BCUT2D eigenvalue weighted by Gasteiger charge is -2.30. The van der Waals surface area contributed by atoms with Gasteiger partial charge in [-0.1, -0.05) is 17.3 Å². The molecule has 0 radical (unpaired) electrons. The zero-order valence-electron chi connectivity index (χ0n) is 19.8. The van der Waals surface area contributed by atoms with Crippen LogP contribution >= 0.6 is 0 Å². The molecule has 9 nitrogen and oxygen atoms in total. The number of aryl methyl sites for hydroxylation is 1. The van der Waals surface area contributed by atoms with E-state index in [2.05, 4.69) is 15.6 Å². The topological polar surface area (TPSA) is 102 Å². The van der Waals surface area contributed by atoms with Crippen molar-refractivity contribution in [3.63, 3.8) is 0 Å². The summed E-state index contributed by atoms with van der Waals surface area (Å²) in [6.07, 6.45) is 1.71. The molecule has 1 saturated heterocycles. The molecule has 2 aromatic heterocycles. The van der Waals surface area contributed by atoms with Gasteiger partial charge in [0.1, 0.15) is 29.4 Å². The summed E-state index contributed by atoms with van der Waals surface area (Å²) in [6, 6.07) is 15.0. The van der Waals surface area contributed by atoms with Crippen LogP contribution in [0.25, 0.3) is 11.0 Å². The Morgan fingerprint density at radius 2 is 1.97 bits per heavy atom. The first kappa shape index (κ1) is 23.7.